The average molecular weight is 263 g/mol. The van der Waals surface area contributed by atoms with Crippen LogP contribution in [0.15, 0.2) is 22.6 Å². The Morgan fingerprint density at radius 1 is 1.53 bits per heavy atom. The Morgan fingerprint density at radius 3 is 3.00 bits per heavy atom. The number of carbonyl (C=O) groups is 1. The van der Waals surface area contributed by atoms with Crippen LogP contribution in [0.4, 0.5) is 10.5 Å². The molecule has 1 atom stereocenters. The van der Waals surface area contributed by atoms with Gasteiger partial charge in [-0.3, -0.25) is 0 Å². The molecule has 2 rings (SSSR count). The zero-order valence-electron chi connectivity index (χ0n) is 10.9. The summed E-state index contributed by atoms with van der Waals surface area (Å²) in [5.41, 5.74) is 2.00. The average Bonchev–Trinajstić information content (AvgIpc) is 2.75. The van der Waals surface area contributed by atoms with E-state index < -0.39 is 0 Å². The summed E-state index contributed by atoms with van der Waals surface area (Å²) in [6.07, 6.45) is 0.671. The molecule has 0 saturated carbocycles. The number of nitrogens with one attached hydrogen (secondary N) is 2. The lowest BCUT2D eigenvalue weighted by Gasteiger charge is -2.14. The van der Waals surface area contributed by atoms with Crippen LogP contribution in [-0.4, -0.2) is 28.8 Å². The minimum Gasteiger partial charge on any atom is -0.441 e. The number of urea groups is 1. The Balaban J connectivity index is 2.06. The van der Waals surface area contributed by atoms with E-state index in [0.717, 1.165) is 5.52 Å². The van der Waals surface area contributed by atoms with Crippen molar-refractivity contribution in [2.45, 2.75) is 26.3 Å². The number of amides is 2. The van der Waals surface area contributed by atoms with Gasteiger partial charge in [-0.1, -0.05) is 6.92 Å². The Kier molecular flexibility index (Phi) is 4.01. The van der Waals surface area contributed by atoms with Crippen LogP contribution in [0.5, 0.6) is 0 Å². The van der Waals surface area contributed by atoms with Crippen LogP contribution >= 0.6 is 0 Å². The second-order valence-electron chi connectivity index (χ2n) is 4.30. The molecular weight excluding hydrogens is 246 g/mol. The van der Waals surface area contributed by atoms with Crippen LogP contribution in [-0.2, 0) is 0 Å². The second kappa shape index (κ2) is 5.71. The van der Waals surface area contributed by atoms with E-state index in [1.165, 1.54) is 0 Å². The van der Waals surface area contributed by atoms with Gasteiger partial charge in [0.05, 0.1) is 12.6 Å². The minimum absolute atomic E-state index is 0.0791. The smallest absolute Gasteiger partial charge is 0.319 e. The van der Waals surface area contributed by atoms with E-state index >= 15 is 0 Å². The highest BCUT2D eigenvalue weighted by molar-refractivity contribution is 5.91. The van der Waals surface area contributed by atoms with E-state index in [1.807, 2.05) is 6.92 Å². The molecule has 1 aromatic carbocycles. The molecule has 0 saturated heterocycles. The van der Waals surface area contributed by atoms with Gasteiger partial charge < -0.3 is 20.2 Å². The van der Waals surface area contributed by atoms with Gasteiger partial charge in [-0.25, -0.2) is 9.78 Å². The van der Waals surface area contributed by atoms with E-state index in [1.54, 1.807) is 25.1 Å². The molecule has 1 aromatic heterocycles. The van der Waals surface area contributed by atoms with Crippen LogP contribution in [0.1, 0.15) is 19.2 Å². The maximum absolute atomic E-state index is 11.7. The number of aryl methyl sites for hydroxylation is 1. The predicted octanol–water partition coefficient (Wildman–Crippen LogP) is 2.03. The summed E-state index contributed by atoms with van der Waals surface area (Å²) < 4.78 is 5.39. The van der Waals surface area contributed by atoms with Gasteiger partial charge in [0, 0.05) is 18.7 Å². The van der Waals surface area contributed by atoms with Crippen molar-refractivity contribution in [3.63, 3.8) is 0 Å². The molecule has 0 aliphatic heterocycles. The summed E-state index contributed by atoms with van der Waals surface area (Å²) in [5, 5.41) is 14.4. The van der Waals surface area contributed by atoms with Gasteiger partial charge in [0.2, 0.25) is 0 Å². The molecule has 1 unspecified atom stereocenters. The molecule has 0 radical (unpaired) electrons. The normalized spacial score (nSPS) is 12.4. The van der Waals surface area contributed by atoms with Crippen molar-refractivity contribution in [1.82, 2.24) is 10.3 Å². The summed E-state index contributed by atoms with van der Waals surface area (Å²) in [6, 6.07) is 4.66. The monoisotopic (exact) mass is 263 g/mol. The van der Waals surface area contributed by atoms with Crippen molar-refractivity contribution in [3.8, 4) is 0 Å². The third kappa shape index (κ3) is 3.23. The molecule has 0 bridgehead atoms. The number of benzene rings is 1. The molecule has 3 N–H and O–H groups in total. The Hall–Kier alpha value is -2.08. The molecule has 6 nitrogen and oxygen atoms in total. The van der Waals surface area contributed by atoms with Crippen molar-refractivity contribution >= 4 is 22.8 Å². The standard InChI is InChI=1S/C13H17N3O3/c1-3-9(7-17)15-13(18)16-10-4-5-11-12(6-10)19-8(2)14-11/h4-6,9,17H,3,7H2,1-2H3,(H2,15,16,18). The quantitative estimate of drug-likeness (QED) is 0.787. The number of anilines is 1. The van der Waals surface area contributed by atoms with Crippen molar-refractivity contribution in [3.05, 3.63) is 24.1 Å². The Labute approximate surface area is 110 Å². The van der Waals surface area contributed by atoms with E-state index in [4.69, 9.17) is 9.52 Å². The first-order valence-electron chi connectivity index (χ1n) is 6.18. The van der Waals surface area contributed by atoms with Gasteiger partial charge in [0.15, 0.2) is 11.5 Å². The summed E-state index contributed by atoms with van der Waals surface area (Å²) in [5.74, 6) is 0.586. The largest absolute Gasteiger partial charge is 0.441 e. The molecule has 6 heteroatoms. The molecule has 0 aliphatic rings. The molecular formula is C13H17N3O3. The molecule has 102 valence electrons. The van der Waals surface area contributed by atoms with E-state index in [0.29, 0.717) is 23.6 Å². The number of rotatable bonds is 4. The zero-order valence-corrected chi connectivity index (χ0v) is 10.9. The fourth-order valence-electron chi connectivity index (χ4n) is 1.75. The van der Waals surface area contributed by atoms with Gasteiger partial charge in [0.1, 0.15) is 5.52 Å². The summed E-state index contributed by atoms with van der Waals surface area (Å²) in [4.78, 5) is 15.9. The number of nitrogens with zero attached hydrogens (tertiary/aromatic N) is 1. The number of aliphatic hydroxyl groups is 1. The number of carbonyl (C=O) groups excluding carboxylic acids is 1. The molecule has 2 amide bonds. The highest BCUT2D eigenvalue weighted by atomic mass is 16.3. The van der Waals surface area contributed by atoms with E-state index in [-0.39, 0.29) is 18.7 Å². The van der Waals surface area contributed by atoms with E-state index in [2.05, 4.69) is 15.6 Å². The fraction of sp³-hybridized carbons (Fsp3) is 0.385. The van der Waals surface area contributed by atoms with Gasteiger partial charge in [-0.2, -0.15) is 0 Å². The maximum Gasteiger partial charge on any atom is 0.319 e. The highest BCUT2D eigenvalue weighted by Gasteiger charge is 2.10. The molecule has 0 aliphatic carbocycles. The van der Waals surface area contributed by atoms with Crippen LogP contribution in [0.2, 0.25) is 0 Å². The number of fused-ring (bicyclic) bond motifs is 1. The summed E-state index contributed by atoms with van der Waals surface area (Å²) in [6.45, 7) is 3.58. The Morgan fingerprint density at radius 2 is 2.32 bits per heavy atom. The molecule has 0 spiro atoms. The van der Waals surface area contributed by atoms with Gasteiger partial charge in [0.25, 0.3) is 0 Å². The van der Waals surface area contributed by atoms with Crippen LogP contribution in [0.3, 0.4) is 0 Å². The Bertz CT molecular complexity index is 576. The topological polar surface area (TPSA) is 87.4 Å². The van der Waals surface area contributed by atoms with Crippen molar-refractivity contribution in [2.75, 3.05) is 11.9 Å². The van der Waals surface area contributed by atoms with Crippen molar-refractivity contribution in [2.24, 2.45) is 0 Å². The summed E-state index contributed by atoms with van der Waals surface area (Å²) in [7, 11) is 0. The number of oxazole rings is 1. The lowest BCUT2D eigenvalue weighted by molar-refractivity contribution is 0.222. The molecule has 2 aromatic rings. The first-order valence-corrected chi connectivity index (χ1v) is 6.18. The number of hydrogen-bond donors (Lipinski definition) is 3. The lowest BCUT2D eigenvalue weighted by atomic mass is 10.2. The van der Waals surface area contributed by atoms with Crippen LogP contribution in [0, 0.1) is 6.92 Å². The van der Waals surface area contributed by atoms with Gasteiger partial charge in [-0.15, -0.1) is 0 Å². The molecule has 0 fully saturated rings. The van der Waals surface area contributed by atoms with E-state index in [9.17, 15) is 4.79 Å². The van der Waals surface area contributed by atoms with Gasteiger partial charge in [-0.05, 0) is 18.6 Å². The first kappa shape index (κ1) is 13.4. The van der Waals surface area contributed by atoms with Crippen molar-refractivity contribution < 1.29 is 14.3 Å². The van der Waals surface area contributed by atoms with Gasteiger partial charge >= 0.3 is 6.03 Å². The third-order valence-corrected chi connectivity index (χ3v) is 2.80. The highest BCUT2D eigenvalue weighted by Crippen LogP contribution is 2.19. The number of hydrogen-bond acceptors (Lipinski definition) is 4. The predicted molar refractivity (Wildman–Crippen MR) is 72.1 cm³/mol. The van der Waals surface area contributed by atoms with Crippen molar-refractivity contribution in [1.29, 1.82) is 0 Å². The minimum atomic E-state index is -0.350. The number of aliphatic hydroxyl groups excluding tert-OH is 1. The molecule has 19 heavy (non-hydrogen) atoms. The first-order chi connectivity index (χ1) is 9.12. The second-order valence-corrected chi connectivity index (χ2v) is 4.30. The van der Waals surface area contributed by atoms with Crippen LogP contribution < -0.4 is 10.6 Å². The number of aromatic nitrogens is 1. The third-order valence-electron chi connectivity index (χ3n) is 2.80. The SMILES string of the molecule is CCC(CO)NC(=O)Nc1ccc2nc(C)oc2c1. The zero-order chi connectivity index (χ0) is 13.8. The maximum atomic E-state index is 11.7. The summed E-state index contributed by atoms with van der Waals surface area (Å²) >= 11 is 0. The van der Waals surface area contributed by atoms with Crippen LogP contribution in [0.25, 0.3) is 11.1 Å². The lowest BCUT2D eigenvalue weighted by Crippen LogP contribution is -2.39. The molecule has 1 heterocycles. The fourth-order valence-corrected chi connectivity index (χ4v) is 1.75.